The maximum atomic E-state index is 12.8. The van der Waals surface area contributed by atoms with Crippen molar-refractivity contribution in [3.8, 4) is 6.07 Å². The number of hydrogen-bond acceptors (Lipinski definition) is 7. The van der Waals surface area contributed by atoms with Crippen LogP contribution in [0.25, 0.3) is 11.0 Å². The number of carbonyl (C=O) groups excluding carboxylic acids is 1. The number of amides is 1. The Kier molecular flexibility index (Phi) is 5.33. The molecule has 1 atom stereocenters. The number of nitrogens with one attached hydrogen (secondary N) is 1. The van der Waals surface area contributed by atoms with Crippen LogP contribution in [-0.4, -0.2) is 30.9 Å². The lowest BCUT2D eigenvalue weighted by molar-refractivity contribution is -0.115. The average Bonchev–Trinajstić information content (AvgIpc) is 3.13. The minimum absolute atomic E-state index is 0.131. The summed E-state index contributed by atoms with van der Waals surface area (Å²) in [5.41, 5.74) is 2.51. The zero-order chi connectivity index (χ0) is 19.7. The minimum atomic E-state index is -0.369. The fourth-order valence-corrected chi connectivity index (χ4v) is 5.54. The van der Waals surface area contributed by atoms with Crippen molar-refractivity contribution in [3.63, 3.8) is 0 Å². The quantitative estimate of drug-likeness (QED) is 0.399. The molecule has 1 unspecified atom stereocenters. The van der Waals surface area contributed by atoms with Crippen LogP contribution in [0.4, 0.5) is 5.00 Å². The molecule has 4 rings (SSSR count). The number of fused-ring (bicyclic) bond motifs is 2. The zero-order valence-corrected chi connectivity index (χ0v) is 17.4. The van der Waals surface area contributed by atoms with Crippen molar-refractivity contribution in [2.45, 2.75) is 49.3 Å². The topological polar surface area (TPSA) is 96.5 Å². The first kappa shape index (κ1) is 18.9. The highest BCUT2D eigenvalue weighted by atomic mass is 32.2. The first-order chi connectivity index (χ1) is 13.6. The molecular formula is C19H20N6OS2. The van der Waals surface area contributed by atoms with Crippen molar-refractivity contribution in [2.24, 2.45) is 7.05 Å². The molecule has 3 heterocycles. The second-order valence-electron chi connectivity index (χ2n) is 6.81. The Bertz CT molecular complexity index is 1080. The van der Waals surface area contributed by atoms with Gasteiger partial charge in [0, 0.05) is 11.9 Å². The molecule has 1 aliphatic carbocycles. The third-order valence-electron chi connectivity index (χ3n) is 4.92. The number of thioether (sulfide) groups is 1. The molecule has 3 aromatic heterocycles. The SMILES string of the molecule is CC(Sc1ncnc2c1cnn2C)C(=O)Nc1sc2c(c1C#N)CCCCC2. The van der Waals surface area contributed by atoms with Crippen molar-refractivity contribution >= 4 is 45.0 Å². The third kappa shape index (κ3) is 3.50. The number of thiophene rings is 1. The van der Waals surface area contributed by atoms with Gasteiger partial charge in [-0.05, 0) is 38.2 Å². The lowest BCUT2D eigenvalue weighted by Crippen LogP contribution is -2.22. The number of rotatable bonds is 4. The molecule has 0 spiro atoms. The predicted octanol–water partition coefficient (Wildman–Crippen LogP) is 3.68. The van der Waals surface area contributed by atoms with Crippen molar-refractivity contribution in [1.82, 2.24) is 19.7 Å². The van der Waals surface area contributed by atoms with Gasteiger partial charge in [-0.25, -0.2) is 9.97 Å². The standard InChI is InChI=1S/C19H20N6OS2/c1-11(27-18-14-9-23-25(2)16(14)21-10-22-18)17(26)24-19-13(8-20)12-6-4-3-5-7-15(12)28-19/h9-11H,3-7H2,1-2H3,(H,24,26). The van der Waals surface area contributed by atoms with Gasteiger partial charge in [0.1, 0.15) is 22.4 Å². The van der Waals surface area contributed by atoms with Gasteiger partial charge in [-0.2, -0.15) is 10.4 Å². The molecule has 0 saturated heterocycles. The molecule has 1 N–H and O–H groups in total. The average molecular weight is 413 g/mol. The number of aryl methyl sites for hydroxylation is 2. The summed E-state index contributed by atoms with van der Waals surface area (Å²) in [5, 5.41) is 18.7. The largest absolute Gasteiger partial charge is 0.316 e. The molecule has 0 aliphatic heterocycles. The lowest BCUT2D eigenvalue weighted by Gasteiger charge is -2.11. The van der Waals surface area contributed by atoms with E-state index in [1.807, 2.05) is 14.0 Å². The number of nitrogens with zero attached hydrogens (tertiary/aromatic N) is 5. The van der Waals surface area contributed by atoms with Gasteiger partial charge in [0.25, 0.3) is 0 Å². The molecule has 0 saturated carbocycles. The summed E-state index contributed by atoms with van der Waals surface area (Å²) in [6.07, 6.45) is 8.57. The summed E-state index contributed by atoms with van der Waals surface area (Å²) in [4.78, 5) is 22.6. The van der Waals surface area contributed by atoms with Gasteiger partial charge >= 0.3 is 0 Å². The highest BCUT2D eigenvalue weighted by Gasteiger charge is 2.24. The van der Waals surface area contributed by atoms with Crippen molar-refractivity contribution in [1.29, 1.82) is 5.26 Å². The van der Waals surface area contributed by atoms with E-state index < -0.39 is 0 Å². The molecule has 1 amide bonds. The Morgan fingerprint density at radius 3 is 3.00 bits per heavy atom. The summed E-state index contributed by atoms with van der Waals surface area (Å²) in [6.45, 7) is 1.84. The molecule has 0 fully saturated rings. The van der Waals surface area contributed by atoms with E-state index in [2.05, 4.69) is 26.5 Å². The van der Waals surface area contributed by atoms with Gasteiger partial charge in [-0.1, -0.05) is 18.2 Å². The lowest BCUT2D eigenvalue weighted by atomic mass is 10.1. The molecule has 7 nitrogen and oxygen atoms in total. The van der Waals surface area contributed by atoms with Crippen LogP contribution in [0.5, 0.6) is 0 Å². The highest BCUT2D eigenvalue weighted by molar-refractivity contribution is 8.00. The van der Waals surface area contributed by atoms with Gasteiger partial charge in [0.15, 0.2) is 5.65 Å². The second kappa shape index (κ2) is 7.89. The van der Waals surface area contributed by atoms with Crippen molar-refractivity contribution in [3.05, 3.63) is 28.5 Å². The van der Waals surface area contributed by atoms with E-state index in [-0.39, 0.29) is 11.2 Å². The van der Waals surface area contributed by atoms with Gasteiger partial charge in [-0.15, -0.1) is 11.3 Å². The van der Waals surface area contributed by atoms with Crippen LogP contribution in [0.3, 0.4) is 0 Å². The van der Waals surface area contributed by atoms with Crippen LogP contribution in [-0.2, 0) is 24.7 Å². The van der Waals surface area contributed by atoms with E-state index in [0.717, 1.165) is 47.3 Å². The molecule has 0 aromatic carbocycles. The van der Waals surface area contributed by atoms with E-state index in [1.165, 1.54) is 29.4 Å². The minimum Gasteiger partial charge on any atom is -0.316 e. The van der Waals surface area contributed by atoms with E-state index in [1.54, 1.807) is 22.2 Å². The summed E-state index contributed by atoms with van der Waals surface area (Å²) in [6, 6.07) is 2.31. The molecule has 1 aliphatic rings. The molecule has 3 aromatic rings. The highest BCUT2D eigenvalue weighted by Crippen LogP contribution is 2.37. The fourth-order valence-electron chi connectivity index (χ4n) is 3.42. The molecule has 144 valence electrons. The Labute approximate surface area is 171 Å². The number of hydrogen-bond donors (Lipinski definition) is 1. The molecule has 9 heteroatoms. The summed E-state index contributed by atoms with van der Waals surface area (Å²) >= 11 is 2.93. The normalized spacial score (nSPS) is 14.9. The van der Waals surface area contributed by atoms with Gasteiger partial charge in [-0.3, -0.25) is 9.48 Å². The second-order valence-corrected chi connectivity index (χ2v) is 9.25. The maximum Gasteiger partial charge on any atom is 0.238 e. The Morgan fingerprint density at radius 1 is 1.36 bits per heavy atom. The van der Waals surface area contributed by atoms with Crippen molar-refractivity contribution in [2.75, 3.05) is 5.32 Å². The monoisotopic (exact) mass is 412 g/mol. The van der Waals surface area contributed by atoms with Crippen LogP contribution in [0.15, 0.2) is 17.6 Å². The maximum absolute atomic E-state index is 12.8. The summed E-state index contributed by atoms with van der Waals surface area (Å²) in [5.74, 6) is -0.131. The van der Waals surface area contributed by atoms with Crippen LogP contribution in [0, 0.1) is 11.3 Å². The number of carbonyl (C=O) groups is 1. The number of nitriles is 1. The van der Waals surface area contributed by atoms with Crippen LogP contribution < -0.4 is 5.32 Å². The summed E-state index contributed by atoms with van der Waals surface area (Å²) < 4.78 is 1.68. The van der Waals surface area contributed by atoms with Gasteiger partial charge in [0.05, 0.1) is 22.4 Å². The molecule has 28 heavy (non-hydrogen) atoms. The molecule has 0 radical (unpaired) electrons. The van der Waals surface area contributed by atoms with Crippen LogP contribution in [0.1, 0.15) is 42.2 Å². The Balaban J connectivity index is 1.53. The van der Waals surface area contributed by atoms with Crippen LogP contribution in [0.2, 0.25) is 0 Å². The Hall–Kier alpha value is -2.44. The first-order valence-electron chi connectivity index (χ1n) is 9.23. The molecule has 0 bridgehead atoms. The van der Waals surface area contributed by atoms with Gasteiger partial charge < -0.3 is 5.32 Å². The van der Waals surface area contributed by atoms with E-state index in [0.29, 0.717) is 10.6 Å². The van der Waals surface area contributed by atoms with Gasteiger partial charge in [0.2, 0.25) is 5.91 Å². The summed E-state index contributed by atoms with van der Waals surface area (Å²) in [7, 11) is 1.82. The number of anilines is 1. The van der Waals surface area contributed by atoms with E-state index >= 15 is 0 Å². The van der Waals surface area contributed by atoms with Crippen LogP contribution >= 0.6 is 23.1 Å². The molecular weight excluding hydrogens is 392 g/mol. The smallest absolute Gasteiger partial charge is 0.238 e. The Morgan fingerprint density at radius 2 is 2.18 bits per heavy atom. The van der Waals surface area contributed by atoms with Crippen molar-refractivity contribution < 1.29 is 4.79 Å². The predicted molar refractivity (Wildman–Crippen MR) is 111 cm³/mol. The van der Waals surface area contributed by atoms with E-state index in [9.17, 15) is 10.1 Å². The fraction of sp³-hybridized carbons (Fsp3) is 0.421. The van der Waals surface area contributed by atoms with E-state index in [4.69, 9.17) is 0 Å². The first-order valence-corrected chi connectivity index (χ1v) is 10.9. The third-order valence-corrected chi connectivity index (χ3v) is 7.24. The number of aromatic nitrogens is 4. The zero-order valence-electron chi connectivity index (χ0n) is 15.7.